The van der Waals surface area contributed by atoms with Gasteiger partial charge in [-0.2, -0.15) is 0 Å². The van der Waals surface area contributed by atoms with Crippen LogP contribution in [0.1, 0.15) is 43.1 Å². The van der Waals surface area contributed by atoms with E-state index in [1.165, 1.54) is 7.11 Å². The van der Waals surface area contributed by atoms with Crippen molar-refractivity contribution in [3.05, 3.63) is 35.4 Å². The summed E-state index contributed by atoms with van der Waals surface area (Å²) in [7, 11) is 1.52. The number of rotatable bonds is 7. The summed E-state index contributed by atoms with van der Waals surface area (Å²) in [5.74, 6) is -0.0151. The molecule has 5 N–H and O–H groups in total. The monoisotopic (exact) mass is 349 g/mol. The molecule has 0 aliphatic heterocycles. The quantitative estimate of drug-likeness (QED) is 0.516. The highest BCUT2D eigenvalue weighted by Gasteiger charge is 2.15. The highest BCUT2D eigenvalue weighted by Crippen LogP contribution is 2.28. The van der Waals surface area contributed by atoms with Crippen LogP contribution in [0.2, 0.25) is 0 Å². The number of carbonyl (C=O) groups excluding carboxylic acids is 2. The molecule has 0 saturated heterocycles. The van der Waals surface area contributed by atoms with Crippen LogP contribution in [0.25, 0.3) is 0 Å². The van der Waals surface area contributed by atoms with Crippen molar-refractivity contribution in [2.75, 3.05) is 19.4 Å². The van der Waals surface area contributed by atoms with Crippen LogP contribution >= 0.6 is 0 Å². The van der Waals surface area contributed by atoms with E-state index in [1.807, 2.05) is 32.9 Å². The zero-order chi connectivity index (χ0) is 19.0. The van der Waals surface area contributed by atoms with E-state index in [2.05, 4.69) is 5.32 Å². The van der Waals surface area contributed by atoms with Gasteiger partial charge < -0.3 is 26.3 Å². The molecule has 0 aromatic heterocycles. The molecule has 0 saturated carbocycles. The van der Waals surface area contributed by atoms with Gasteiger partial charge >= 0.3 is 6.09 Å². The Morgan fingerprint density at radius 2 is 1.92 bits per heavy atom. The van der Waals surface area contributed by atoms with Crippen LogP contribution in [0, 0.1) is 0 Å². The molecule has 2 amide bonds. The molecule has 0 radical (unpaired) electrons. The lowest BCUT2D eigenvalue weighted by Crippen LogP contribution is -2.32. The topological polar surface area (TPSA) is 117 Å². The summed E-state index contributed by atoms with van der Waals surface area (Å²) in [6.07, 6.45) is 4.65. The number of anilines is 1. The van der Waals surface area contributed by atoms with Gasteiger partial charge in [0.15, 0.2) is 0 Å². The number of hydrogen-bond donors (Lipinski definition) is 3. The molecule has 0 atom stereocenters. The predicted octanol–water partition coefficient (Wildman–Crippen LogP) is 2.39. The second-order valence-corrected chi connectivity index (χ2v) is 6.50. The molecule has 0 heterocycles. The first-order valence-corrected chi connectivity index (χ1v) is 8.02. The Morgan fingerprint density at radius 3 is 2.48 bits per heavy atom. The number of nitrogens with two attached hydrogens (primary N) is 2. The van der Waals surface area contributed by atoms with Crippen LogP contribution in [0.4, 0.5) is 10.5 Å². The molecule has 0 unspecified atom stereocenters. The summed E-state index contributed by atoms with van der Waals surface area (Å²) < 4.78 is 10.4. The Balaban J connectivity index is 2.53. The van der Waals surface area contributed by atoms with Crippen LogP contribution in [0.3, 0.4) is 0 Å². The number of methoxy groups -OCH3 is 1. The van der Waals surface area contributed by atoms with Crippen molar-refractivity contribution in [3.8, 4) is 5.75 Å². The van der Waals surface area contributed by atoms with Crippen molar-refractivity contribution >= 4 is 17.7 Å². The highest BCUT2D eigenvalue weighted by molar-refractivity contribution is 5.94. The molecule has 138 valence electrons. The zero-order valence-corrected chi connectivity index (χ0v) is 15.2. The molecule has 0 fully saturated rings. The molecule has 0 aliphatic carbocycles. The van der Waals surface area contributed by atoms with Gasteiger partial charge in [0.05, 0.1) is 7.11 Å². The number of hydrogen-bond acceptors (Lipinski definition) is 5. The molecular weight excluding hydrogens is 322 g/mol. The van der Waals surface area contributed by atoms with Crippen LogP contribution in [0.15, 0.2) is 24.3 Å². The molecule has 1 aromatic rings. The van der Waals surface area contributed by atoms with E-state index < -0.39 is 17.6 Å². The Labute approximate surface area is 148 Å². The summed E-state index contributed by atoms with van der Waals surface area (Å²) in [4.78, 5) is 22.8. The number of nitrogens with one attached hydrogen (secondary N) is 1. The molecule has 7 nitrogen and oxygen atoms in total. The normalized spacial score (nSPS) is 11.4. The van der Waals surface area contributed by atoms with E-state index in [-0.39, 0.29) is 0 Å². The molecule has 0 aliphatic rings. The minimum Gasteiger partial charge on any atom is -0.496 e. The van der Waals surface area contributed by atoms with Gasteiger partial charge in [0.2, 0.25) is 5.91 Å². The number of nitrogen functional groups attached to an aromatic ring is 1. The molecular formula is C18H27N3O4. The van der Waals surface area contributed by atoms with E-state index in [0.717, 1.165) is 5.56 Å². The Bertz CT molecular complexity index is 648. The summed E-state index contributed by atoms with van der Waals surface area (Å²) >= 11 is 0. The third-order valence-corrected chi connectivity index (χ3v) is 3.24. The standard InChI is InChI=1S/C18H27N3O4/c1-18(2,3)25-17(23)21-9-7-5-6-8-13-14(19)10-12(16(20)22)11-15(13)24-4/h5,7,10-11H,6,8-9,19H2,1-4H3,(H2,20,22)(H,21,23)/b7-5+. The minimum atomic E-state index is -0.551. The van der Waals surface area contributed by atoms with Crippen LogP contribution in [-0.2, 0) is 11.2 Å². The SMILES string of the molecule is COc1cc(C(N)=O)cc(N)c1CC/C=C/CNC(=O)OC(C)(C)C. The van der Waals surface area contributed by atoms with Crippen molar-refractivity contribution in [2.24, 2.45) is 5.73 Å². The van der Waals surface area contributed by atoms with Crippen molar-refractivity contribution in [1.29, 1.82) is 0 Å². The largest absolute Gasteiger partial charge is 0.496 e. The van der Waals surface area contributed by atoms with Crippen molar-refractivity contribution in [1.82, 2.24) is 5.32 Å². The zero-order valence-electron chi connectivity index (χ0n) is 15.2. The molecule has 25 heavy (non-hydrogen) atoms. The maximum atomic E-state index is 11.5. The Hall–Kier alpha value is -2.70. The van der Waals surface area contributed by atoms with Crippen molar-refractivity contribution in [3.63, 3.8) is 0 Å². The summed E-state index contributed by atoms with van der Waals surface area (Å²) in [6.45, 7) is 5.80. The Morgan fingerprint density at radius 1 is 1.24 bits per heavy atom. The van der Waals surface area contributed by atoms with Crippen molar-refractivity contribution < 1.29 is 19.1 Å². The van der Waals surface area contributed by atoms with Crippen molar-refractivity contribution in [2.45, 2.75) is 39.2 Å². The minimum absolute atomic E-state index is 0.315. The highest BCUT2D eigenvalue weighted by atomic mass is 16.6. The number of ether oxygens (including phenoxy) is 2. The molecule has 0 bridgehead atoms. The number of amides is 2. The Kier molecular flexibility index (Phi) is 7.29. The fourth-order valence-electron chi connectivity index (χ4n) is 2.14. The second kappa shape index (κ2) is 8.96. The average molecular weight is 349 g/mol. The fraction of sp³-hybridized carbons (Fsp3) is 0.444. The smallest absolute Gasteiger partial charge is 0.407 e. The fourth-order valence-corrected chi connectivity index (χ4v) is 2.14. The number of primary amides is 1. The summed E-state index contributed by atoms with van der Waals surface area (Å²) in [6, 6.07) is 3.13. The van der Waals surface area contributed by atoms with Gasteiger partial charge in [-0.15, -0.1) is 0 Å². The lowest BCUT2D eigenvalue weighted by atomic mass is 10.0. The molecule has 1 rings (SSSR count). The van der Waals surface area contributed by atoms with Gasteiger partial charge in [-0.1, -0.05) is 12.2 Å². The maximum Gasteiger partial charge on any atom is 0.407 e. The van der Waals surface area contributed by atoms with Gasteiger partial charge in [0.1, 0.15) is 11.4 Å². The summed E-state index contributed by atoms with van der Waals surface area (Å²) in [5.41, 5.74) is 12.3. The van der Waals surface area contributed by atoms with Gasteiger partial charge in [0, 0.05) is 23.4 Å². The van der Waals surface area contributed by atoms with E-state index in [4.69, 9.17) is 20.9 Å². The first kappa shape index (κ1) is 20.3. The van der Waals surface area contributed by atoms with Gasteiger partial charge in [-0.3, -0.25) is 4.79 Å². The first-order chi connectivity index (χ1) is 11.6. The average Bonchev–Trinajstić information content (AvgIpc) is 2.49. The lowest BCUT2D eigenvalue weighted by molar-refractivity contribution is 0.0534. The molecule has 0 spiro atoms. The van der Waals surface area contributed by atoms with E-state index in [0.29, 0.717) is 36.4 Å². The third kappa shape index (κ3) is 7.15. The number of carbonyl (C=O) groups is 2. The predicted molar refractivity (Wildman–Crippen MR) is 97.6 cm³/mol. The number of allylic oxidation sites excluding steroid dienone is 1. The first-order valence-electron chi connectivity index (χ1n) is 8.02. The van der Waals surface area contributed by atoms with Gasteiger partial charge in [-0.25, -0.2) is 4.79 Å². The van der Waals surface area contributed by atoms with E-state index in [9.17, 15) is 9.59 Å². The molecule has 7 heteroatoms. The van der Waals surface area contributed by atoms with Crippen LogP contribution < -0.4 is 21.5 Å². The third-order valence-electron chi connectivity index (χ3n) is 3.24. The van der Waals surface area contributed by atoms with Gasteiger partial charge in [0.25, 0.3) is 0 Å². The summed E-state index contributed by atoms with van der Waals surface area (Å²) in [5, 5.41) is 2.64. The second-order valence-electron chi connectivity index (χ2n) is 6.50. The van der Waals surface area contributed by atoms with E-state index in [1.54, 1.807) is 12.1 Å². The lowest BCUT2D eigenvalue weighted by Gasteiger charge is -2.19. The van der Waals surface area contributed by atoms with E-state index >= 15 is 0 Å². The molecule has 1 aromatic carbocycles. The number of alkyl carbamates (subject to hydrolysis) is 1. The van der Waals surface area contributed by atoms with Crippen LogP contribution in [0.5, 0.6) is 5.75 Å². The maximum absolute atomic E-state index is 11.5. The van der Waals surface area contributed by atoms with Crippen LogP contribution in [-0.4, -0.2) is 31.3 Å². The van der Waals surface area contributed by atoms with Gasteiger partial charge in [-0.05, 0) is 45.7 Å². The number of benzene rings is 1.